The van der Waals surface area contributed by atoms with Crippen LogP contribution in [-0.2, 0) is 14.3 Å². The zero-order valence-electron chi connectivity index (χ0n) is 17.3. The maximum absolute atomic E-state index is 12.7. The number of carbonyl (C=O) groups excluding carboxylic acids is 4. The molecule has 1 heterocycles. The molecule has 1 aliphatic rings. The first-order valence-electron chi connectivity index (χ1n) is 10.0. The Balaban J connectivity index is 1.61. The van der Waals surface area contributed by atoms with Gasteiger partial charge in [-0.1, -0.05) is 29.3 Å². The Labute approximate surface area is 195 Å². The van der Waals surface area contributed by atoms with Gasteiger partial charge in [-0.25, -0.2) is 0 Å². The van der Waals surface area contributed by atoms with Crippen molar-refractivity contribution in [1.29, 1.82) is 0 Å². The fourth-order valence-electron chi connectivity index (χ4n) is 3.24. The first-order valence-corrected chi connectivity index (χ1v) is 10.9. The average Bonchev–Trinajstić information content (AvgIpc) is 3.14. The minimum absolute atomic E-state index is 0.0437. The number of alkyl halides is 1. The highest BCUT2D eigenvalue weighted by Gasteiger charge is 2.38. The molecule has 1 N–H and O–H groups in total. The number of hydrogen-bond acceptors (Lipinski definition) is 5. The molecule has 0 aliphatic carbocycles. The molecule has 168 valence electrons. The van der Waals surface area contributed by atoms with E-state index >= 15 is 0 Å². The van der Waals surface area contributed by atoms with Crippen molar-refractivity contribution in [3.05, 3.63) is 70.2 Å². The summed E-state index contributed by atoms with van der Waals surface area (Å²) in [4.78, 5) is 50.1. The molecule has 0 saturated carbocycles. The third-order valence-electron chi connectivity index (χ3n) is 5.06. The molecule has 1 fully saturated rings. The van der Waals surface area contributed by atoms with Crippen LogP contribution in [0.5, 0.6) is 0 Å². The summed E-state index contributed by atoms with van der Waals surface area (Å²) >= 11 is 11.6. The number of nitrogens with zero attached hydrogens (tertiary/aromatic N) is 1. The van der Waals surface area contributed by atoms with E-state index < -0.39 is 35.6 Å². The molecule has 2 aromatic carbocycles. The van der Waals surface area contributed by atoms with Crippen LogP contribution in [-0.4, -0.2) is 47.1 Å². The number of Topliss-reactive ketones (excluding diaryl/α,β-unsaturated/α-hetero) is 1. The van der Waals surface area contributed by atoms with Gasteiger partial charge < -0.3 is 4.74 Å². The smallest absolute Gasteiger partial charge is 0.312 e. The Morgan fingerprint density at radius 3 is 2.34 bits per heavy atom. The minimum Gasteiger partial charge on any atom is -0.454 e. The van der Waals surface area contributed by atoms with Crippen LogP contribution in [0.2, 0.25) is 5.02 Å². The van der Waals surface area contributed by atoms with Crippen LogP contribution in [0, 0.1) is 12.8 Å². The Morgan fingerprint density at radius 2 is 1.72 bits per heavy atom. The van der Waals surface area contributed by atoms with E-state index in [-0.39, 0.29) is 25.3 Å². The van der Waals surface area contributed by atoms with Gasteiger partial charge in [0.1, 0.15) is 0 Å². The van der Waals surface area contributed by atoms with Gasteiger partial charge in [0.2, 0.25) is 11.7 Å². The number of aryl methyl sites for hydroxylation is 1. The number of nitrogens with one attached hydrogen (secondary N) is 1. The van der Waals surface area contributed by atoms with E-state index in [1.807, 2.05) is 6.92 Å². The quantitative estimate of drug-likeness (QED) is 0.357. The highest BCUT2D eigenvalue weighted by atomic mass is 35.5. The first-order chi connectivity index (χ1) is 15.3. The van der Waals surface area contributed by atoms with Gasteiger partial charge in [-0.15, -0.1) is 11.6 Å². The van der Waals surface area contributed by atoms with Gasteiger partial charge in [-0.2, -0.15) is 0 Å². The maximum Gasteiger partial charge on any atom is 0.312 e. The van der Waals surface area contributed by atoms with E-state index in [0.717, 1.165) is 10.6 Å². The number of amides is 2. The summed E-state index contributed by atoms with van der Waals surface area (Å²) in [6.45, 7) is 1.86. The van der Waals surface area contributed by atoms with Crippen LogP contribution in [0.25, 0.3) is 0 Å². The largest absolute Gasteiger partial charge is 0.454 e. The Morgan fingerprint density at radius 1 is 1.09 bits per heavy atom. The normalized spacial score (nSPS) is 16.5. The van der Waals surface area contributed by atoms with Crippen molar-refractivity contribution in [3.63, 3.8) is 0 Å². The molecule has 9 heteroatoms. The molecule has 2 atom stereocenters. The first kappa shape index (κ1) is 23.8. The van der Waals surface area contributed by atoms with Gasteiger partial charge in [-0.3, -0.25) is 29.6 Å². The number of halogens is 2. The van der Waals surface area contributed by atoms with Crippen LogP contribution in [0.4, 0.5) is 0 Å². The Hall–Kier alpha value is -2.90. The summed E-state index contributed by atoms with van der Waals surface area (Å²) in [5, 5.41) is 1.58. The van der Waals surface area contributed by atoms with E-state index in [1.165, 1.54) is 0 Å². The number of carbonyl (C=O) groups is 4. The van der Waals surface area contributed by atoms with Gasteiger partial charge in [0.25, 0.3) is 5.91 Å². The SMILES string of the molecule is Cc1ccc(C(=O)NN2C[C@H](C(=O)O[C@H](CCCl)C(=O)c3ccc(Cl)cc3)CC2=O)cc1. The summed E-state index contributed by atoms with van der Waals surface area (Å²) in [6.07, 6.45) is -1.08. The second-order valence-electron chi connectivity index (χ2n) is 7.49. The van der Waals surface area contributed by atoms with Crippen LogP contribution in [0.1, 0.15) is 39.1 Å². The van der Waals surface area contributed by atoms with Crippen LogP contribution >= 0.6 is 23.2 Å². The predicted molar refractivity (Wildman–Crippen MR) is 119 cm³/mol. The minimum atomic E-state index is -1.08. The zero-order chi connectivity index (χ0) is 23.3. The number of benzene rings is 2. The van der Waals surface area contributed by atoms with E-state index in [4.69, 9.17) is 27.9 Å². The lowest BCUT2D eigenvalue weighted by atomic mass is 10.0. The van der Waals surface area contributed by atoms with Gasteiger partial charge in [0.15, 0.2) is 6.10 Å². The molecule has 7 nitrogen and oxygen atoms in total. The molecule has 0 aromatic heterocycles. The standard InChI is InChI=1S/C23H22Cl2N2O5/c1-14-2-4-16(5-3-14)22(30)26-27-13-17(12-20(27)28)23(31)32-19(10-11-24)21(29)15-6-8-18(25)9-7-15/h2-9,17,19H,10-13H2,1H3,(H,26,30)/t17-,19-/m1/s1. The lowest BCUT2D eigenvalue weighted by molar-refractivity contribution is -0.151. The fraction of sp³-hybridized carbons (Fsp3) is 0.304. The van der Waals surface area contributed by atoms with Crippen molar-refractivity contribution < 1.29 is 23.9 Å². The van der Waals surface area contributed by atoms with Crippen molar-refractivity contribution >= 4 is 46.8 Å². The molecule has 1 aliphatic heterocycles. The predicted octanol–water partition coefficient (Wildman–Crippen LogP) is 3.57. The van der Waals surface area contributed by atoms with Crippen molar-refractivity contribution in [3.8, 4) is 0 Å². The summed E-state index contributed by atoms with van der Waals surface area (Å²) in [7, 11) is 0. The number of hydrazine groups is 1. The molecule has 2 aromatic rings. The maximum atomic E-state index is 12.7. The summed E-state index contributed by atoms with van der Waals surface area (Å²) in [5.41, 5.74) is 4.25. The molecular formula is C23H22Cl2N2O5. The van der Waals surface area contributed by atoms with Gasteiger partial charge in [0, 0.05) is 34.9 Å². The van der Waals surface area contributed by atoms with E-state index in [2.05, 4.69) is 5.43 Å². The molecule has 1 saturated heterocycles. The zero-order valence-corrected chi connectivity index (χ0v) is 18.9. The van der Waals surface area contributed by atoms with Crippen LogP contribution in [0.15, 0.2) is 48.5 Å². The molecule has 0 bridgehead atoms. The molecule has 3 rings (SSSR count). The third kappa shape index (κ3) is 5.87. The molecule has 0 spiro atoms. The second kappa shape index (κ2) is 10.6. The summed E-state index contributed by atoms with van der Waals surface area (Å²) in [5.74, 6) is -2.65. The van der Waals surface area contributed by atoms with Gasteiger partial charge in [0.05, 0.1) is 12.5 Å². The summed E-state index contributed by atoms with van der Waals surface area (Å²) < 4.78 is 5.42. The number of rotatable bonds is 8. The lowest BCUT2D eigenvalue weighted by Crippen LogP contribution is -2.43. The number of ether oxygens (including phenoxy) is 1. The third-order valence-corrected chi connectivity index (χ3v) is 5.53. The lowest BCUT2D eigenvalue weighted by Gasteiger charge is -2.19. The average molecular weight is 477 g/mol. The highest BCUT2D eigenvalue weighted by Crippen LogP contribution is 2.21. The molecule has 0 radical (unpaired) electrons. The second-order valence-corrected chi connectivity index (χ2v) is 8.30. The van der Waals surface area contributed by atoms with Crippen molar-refractivity contribution in [2.24, 2.45) is 5.92 Å². The van der Waals surface area contributed by atoms with Crippen molar-refractivity contribution in [2.45, 2.75) is 25.9 Å². The molecule has 32 heavy (non-hydrogen) atoms. The Bertz CT molecular complexity index is 1010. The van der Waals surface area contributed by atoms with E-state index in [9.17, 15) is 19.2 Å². The van der Waals surface area contributed by atoms with E-state index in [1.54, 1.807) is 48.5 Å². The van der Waals surface area contributed by atoms with Gasteiger partial charge >= 0.3 is 5.97 Å². The fourth-order valence-corrected chi connectivity index (χ4v) is 3.57. The van der Waals surface area contributed by atoms with Crippen LogP contribution < -0.4 is 5.43 Å². The van der Waals surface area contributed by atoms with Crippen molar-refractivity contribution in [2.75, 3.05) is 12.4 Å². The topological polar surface area (TPSA) is 92.8 Å². The molecule has 0 unspecified atom stereocenters. The Kier molecular flexibility index (Phi) is 7.88. The monoisotopic (exact) mass is 476 g/mol. The molecule has 2 amide bonds. The van der Waals surface area contributed by atoms with Crippen molar-refractivity contribution in [1.82, 2.24) is 10.4 Å². The van der Waals surface area contributed by atoms with E-state index in [0.29, 0.717) is 16.1 Å². The summed E-state index contributed by atoms with van der Waals surface area (Å²) in [6, 6.07) is 13.1. The van der Waals surface area contributed by atoms with Crippen LogP contribution in [0.3, 0.4) is 0 Å². The number of ketones is 1. The molecular weight excluding hydrogens is 455 g/mol. The highest BCUT2D eigenvalue weighted by molar-refractivity contribution is 6.30. The number of hydrogen-bond donors (Lipinski definition) is 1. The van der Waals surface area contributed by atoms with Gasteiger partial charge in [-0.05, 0) is 43.3 Å². The number of esters is 1.